The van der Waals surface area contributed by atoms with Crippen LogP contribution in [0.1, 0.15) is 29.8 Å². The Hall–Kier alpha value is -2.14. The third-order valence-electron chi connectivity index (χ3n) is 3.38. The quantitative estimate of drug-likeness (QED) is 0.796. The van der Waals surface area contributed by atoms with Crippen molar-refractivity contribution < 1.29 is 14.3 Å². The van der Waals surface area contributed by atoms with Gasteiger partial charge in [0.15, 0.2) is 6.10 Å². The second kappa shape index (κ2) is 7.92. The fraction of sp³-hybridized carbons (Fsp3) is 0.222. The van der Waals surface area contributed by atoms with E-state index in [2.05, 4.69) is 28.2 Å². The highest BCUT2D eigenvalue weighted by molar-refractivity contribution is 9.10. The van der Waals surface area contributed by atoms with E-state index in [1.807, 2.05) is 24.3 Å². The maximum Gasteiger partial charge on any atom is 0.340 e. The lowest BCUT2D eigenvalue weighted by molar-refractivity contribution is -0.123. The van der Waals surface area contributed by atoms with Crippen molar-refractivity contribution in [1.29, 1.82) is 0 Å². The van der Waals surface area contributed by atoms with Gasteiger partial charge in [-0.3, -0.25) is 4.79 Å². The summed E-state index contributed by atoms with van der Waals surface area (Å²) in [5.74, 6) is -0.906. The molecule has 0 saturated heterocycles. The van der Waals surface area contributed by atoms with Crippen molar-refractivity contribution >= 4 is 33.5 Å². The van der Waals surface area contributed by atoms with Crippen molar-refractivity contribution in [3.8, 4) is 0 Å². The predicted molar refractivity (Wildman–Crippen MR) is 93.5 cm³/mol. The summed E-state index contributed by atoms with van der Waals surface area (Å²) in [6.45, 7) is 3.61. The molecule has 0 aliphatic carbocycles. The average molecular weight is 376 g/mol. The van der Waals surface area contributed by atoms with Crippen LogP contribution in [0.4, 0.5) is 5.69 Å². The van der Waals surface area contributed by atoms with Crippen molar-refractivity contribution in [1.82, 2.24) is 0 Å². The molecule has 0 aliphatic heterocycles. The summed E-state index contributed by atoms with van der Waals surface area (Å²) in [6.07, 6.45) is 0.0502. The molecule has 1 N–H and O–H groups in total. The van der Waals surface area contributed by atoms with Gasteiger partial charge in [0.25, 0.3) is 5.91 Å². The number of esters is 1. The predicted octanol–water partition coefficient (Wildman–Crippen LogP) is 4.20. The summed E-state index contributed by atoms with van der Waals surface area (Å²) in [4.78, 5) is 24.2. The SMILES string of the molecule is CCc1ccc(NC(=O)[C@@H](C)OC(=O)c2ccccc2Br)cc1. The van der Waals surface area contributed by atoms with E-state index in [4.69, 9.17) is 4.74 Å². The number of halogens is 1. The number of rotatable bonds is 5. The summed E-state index contributed by atoms with van der Waals surface area (Å²) in [7, 11) is 0. The van der Waals surface area contributed by atoms with E-state index in [1.165, 1.54) is 5.56 Å². The van der Waals surface area contributed by atoms with Gasteiger partial charge in [-0.05, 0) is 59.1 Å². The molecule has 120 valence electrons. The van der Waals surface area contributed by atoms with E-state index in [-0.39, 0.29) is 5.91 Å². The zero-order valence-electron chi connectivity index (χ0n) is 13.0. The normalized spacial score (nSPS) is 11.6. The first-order chi connectivity index (χ1) is 11.0. The van der Waals surface area contributed by atoms with Gasteiger partial charge < -0.3 is 10.1 Å². The smallest absolute Gasteiger partial charge is 0.340 e. The topological polar surface area (TPSA) is 55.4 Å². The number of aryl methyl sites for hydroxylation is 1. The van der Waals surface area contributed by atoms with E-state index in [0.29, 0.717) is 15.7 Å². The zero-order valence-corrected chi connectivity index (χ0v) is 14.6. The van der Waals surface area contributed by atoms with Gasteiger partial charge in [0, 0.05) is 10.2 Å². The summed E-state index contributed by atoms with van der Waals surface area (Å²) in [5, 5.41) is 2.74. The maximum absolute atomic E-state index is 12.1. The average Bonchev–Trinajstić information content (AvgIpc) is 2.55. The molecule has 0 saturated carbocycles. The third-order valence-corrected chi connectivity index (χ3v) is 4.07. The Kier molecular flexibility index (Phi) is 5.93. The first-order valence-electron chi connectivity index (χ1n) is 7.36. The fourth-order valence-electron chi connectivity index (χ4n) is 1.97. The van der Waals surface area contributed by atoms with Crippen LogP contribution in [0.25, 0.3) is 0 Å². The van der Waals surface area contributed by atoms with Crippen LogP contribution in [0.15, 0.2) is 53.0 Å². The molecule has 4 nitrogen and oxygen atoms in total. The van der Waals surface area contributed by atoms with Crippen LogP contribution >= 0.6 is 15.9 Å². The minimum Gasteiger partial charge on any atom is -0.449 e. The Morgan fingerprint density at radius 2 is 1.78 bits per heavy atom. The van der Waals surface area contributed by atoms with Crippen molar-refractivity contribution in [2.45, 2.75) is 26.4 Å². The van der Waals surface area contributed by atoms with E-state index in [9.17, 15) is 9.59 Å². The lowest BCUT2D eigenvalue weighted by Crippen LogP contribution is -2.30. The summed E-state index contributed by atoms with van der Waals surface area (Å²) in [5.41, 5.74) is 2.26. The van der Waals surface area contributed by atoms with Crippen LogP contribution < -0.4 is 5.32 Å². The van der Waals surface area contributed by atoms with E-state index in [0.717, 1.165) is 6.42 Å². The molecule has 1 atom stereocenters. The van der Waals surface area contributed by atoms with E-state index < -0.39 is 12.1 Å². The molecule has 0 bridgehead atoms. The molecule has 2 aromatic carbocycles. The van der Waals surface area contributed by atoms with Crippen LogP contribution in [-0.2, 0) is 16.0 Å². The maximum atomic E-state index is 12.1. The third kappa shape index (κ3) is 4.66. The molecule has 0 spiro atoms. The molecule has 0 aromatic heterocycles. The number of hydrogen-bond donors (Lipinski definition) is 1. The van der Waals surface area contributed by atoms with Gasteiger partial charge in [-0.25, -0.2) is 4.79 Å². The Balaban J connectivity index is 1.96. The molecule has 0 unspecified atom stereocenters. The first kappa shape index (κ1) is 17.2. The van der Waals surface area contributed by atoms with E-state index in [1.54, 1.807) is 31.2 Å². The lowest BCUT2D eigenvalue weighted by atomic mass is 10.1. The van der Waals surface area contributed by atoms with Gasteiger partial charge in [-0.1, -0.05) is 31.2 Å². The van der Waals surface area contributed by atoms with Crippen molar-refractivity contribution in [3.05, 3.63) is 64.1 Å². The molecule has 0 aliphatic rings. The minimum absolute atomic E-state index is 0.366. The lowest BCUT2D eigenvalue weighted by Gasteiger charge is -2.14. The highest BCUT2D eigenvalue weighted by atomic mass is 79.9. The first-order valence-corrected chi connectivity index (χ1v) is 8.16. The van der Waals surface area contributed by atoms with Crippen LogP contribution in [0.5, 0.6) is 0 Å². The molecule has 5 heteroatoms. The number of ether oxygens (including phenoxy) is 1. The van der Waals surface area contributed by atoms with Gasteiger partial charge in [-0.15, -0.1) is 0 Å². The standard InChI is InChI=1S/C18H18BrNO3/c1-3-13-8-10-14(11-9-13)20-17(21)12(2)23-18(22)15-6-4-5-7-16(15)19/h4-12H,3H2,1-2H3,(H,20,21)/t12-/m1/s1. The summed E-state index contributed by atoms with van der Waals surface area (Å²) in [6, 6.07) is 14.5. The second-order valence-electron chi connectivity index (χ2n) is 5.07. The Morgan fingerprint density at radius 1 is 1.13 bits per heavy atom. The molecule has 0 fully saturated rings. The highest BCUT2D eigenvalue weighted by Crippen LogP contribution is 2.18. The van der Waals surface area contributed by atoms with Crippen molar-refractivity contribution in [3.63, 3.8) is 0 Å². The van der Waals surface area contributed by atoms with Crippen molar-refractivity contribution in [2.24, 2.45) is 0 Å². The molecular weight excluding hydrogens is 358 g/mol. The van der Waals surface area contributed by atoms with Gasteiger partial charge in [-0.2, -0.15) is 0 Å². The van der Waals surface area contributed by atoms with Crippen LogP contribution in [0, 0.1) is 0 Å². The van der Waals surface area contributed by atoms with Gasteiger partial charge >= 0.3 is 5.97 Å². The molecule has 23 heavy (non-hydrogen) atoms. The molecular formula is C18H18BrNO3. The number of nitrogens with one attached hydrogen (secondary N) is 1. The van der Waals surface area contributed by atoms with Gasteiger partial charge in [0.05, 0.1) is 5.56 Å². The Bertz CT molecular complexity index is 698. The number of amides is 1. The van der Waals surface area contributed by atoms with Crippen LogP contribution in [0.2, 0.25) is 0 Å². The molecule has 1 amide bonds. The number of benzene rings is 2. The molecule has 2 rings (SSSR count). The monoisotopic (exact) mass is 375 g/mol. The highest BCUT2D eigenvalue weighted by Gasteiger charge is 2.20. The largest absolute Gasteiger partial charge is 0.449 e. The molecule has 0 heterocycles. The Morgan fingerprint density at radius 3 is 2.39 bits per heavy atom. The molecule has 0 radical (unpaired) electrons. The summed E-state index contributed by atoms with van der Waals surface area (Å²) >= 11 is 3.29. The van der Waals surface area contributed by atoms with Crippen LogP contribution in [0.3, 0.4) is 0 Å². The minimum atomic E-state index is -0.888. The Labute approximate surface area is 144 Å². The second-order valence-corrected chi connectivity index (χ2v) is 5.92. The number of hydrogen-bond acceptors (Lipinski definition) is 3. The van der Waals surface area contributed by atoms with Gasteiger partial charge in [0.2, 0.25) is 0 Å². The summed E-state index contributed by atoms with van der Waals surface area (Å²) < 4.78 is 5.85. The zero-order chi connectivity index (χ0) is 16.8. The number of anilines is 1. The van der Waals surface area contributed by atoms with Gasteiger partial charge in [0.1, 0.15) is 0 Å². The molecule has 2 aromatic rings. The number of carbonyl (C=O) groups excluding carboxylic acids is 2. The van der Waals surface area contributed by atoms with E-state index >= 15 is 0 Å². The fourth-order valence-corrected chi connectivity index (χ4v) is 2.42. The van der Waals surface area contributed by atoms with Crippen LogP contribution in [-0.4, -0.2) is 18.0 Å². The van der Waals surface area contributed by atoms with Crippen molar-refractivity contribution in [2.75, 3.05) is 5.32 Å². The number of carbonyl (C=O) groups is 2.